The molecule has 6 aromatic rings. The van der Waals surface area contributed by atoms with Gasteiger partial charge in [-0.15, -0.1) is 0 Å². The maximum Gasteiger partial charge on any atom is 0.134 e. The molecule has 4 aliphatic rings. The minimum Gasteiger partial charge on any atom is -0.495 e. The molecule has 1 radical (unpaired) electrons. The molecule has 0 saturated heterocycles. The van der Waals surface area contributed by atoms with Crippen LogP contribution in [0.25, 0.3) is 43.1 Å². The van der Waals surface area contributed by atoms with Crippen LogP contribution in [0, 0.1) is 0 Å². The van der Waals surface area contributed by atoms with Crippen LogP contribution in [-0.2, 0) is 0 Å². The lowest BCUT2D eigenvalue weighted by Crippen LogP contribution is -2.28. The molecule has 4 atom stereocenters. The number of rotatable bonds is 7. The van der Waals surface area contributed by atoms with E-state index in [1.807, 2.05) is 0 Å². The third-order valence-electron chi connectivity index (χ3n) is 13.0. The van der Waals surface area contributed by atoms with Crippen molar-refractivity contribution in [3.05, 3.63) is 202 Å². The Morgan fingerprint density at radius 3 is 1.11 bits per heavy atom. The number of hydrogen-bond donors (Lipinski definition) is 0. The van der Waals surface area contributed by atoms with Crippen LogP contribution in [0.5, 0.6) is 11.5 Å². The van der Waals surface area contributed by atoms with E-state index in [0.29, 0.717) is 11.1 Å². The Morgan fingerprint density at radius 2 is 0.789 bits per heavy atom. The quantitative estimate of drug-likeness (QED) is 0.119. The molecule has 279 valence electrons. The summed E-state index contributed by atoms with van der Waals surface area (Å²) < 4.78 is 12.2. The highest BCUT2D eigenvalue weighted by Gasteiger charge is 2.43. The lowest BCUT2D eigenvalue weighted by atomic mass is 9.83. The van der Waals surface area contributed by atoms with Crippen molar-refractivity contribution in [2.75, 3.05) is 14.2 Å². The van der Waals surface area contributed by atoms with Crippen LogP contribution < -0.4 is 9.47 Å². The van der Waals surface area contributed by atoms with Gasteiger partial charge in [0.15, 0.2) is 0 Å². The van der Waals surface area contributed by atoms with E-state index in [9.17, 15) is 0 Å². The zero-order chi connectivity index (χ0) is 38.8. The largest absolute Gasteiger partial charge is 0.495 e. The summed E-state index contributed by atoms with van der Waals surface area (Å²) in [5, 5.41) is 9.72. The zero-order valence-electron chi connectivity index (χ0n) is 33.3. The van der Waals surface area contributed by atoms with Crippen LogP contribution >= 0.6 is 0 Å². The molecule has 57 heavy (non-hydrogen) atoms. The number of hydrogen-bond acceptors (Lipinski definition) is 2. The summed E-state index contributed by atoms with van der Waals surface area (Å²) in [7, 11) is 2.55. The van der Waals surface area contributed by atoms with Gasteiger partial charge in [0.1, 0.15) is 11.5 Å². The second-order valence-electron chi connectivity index (χ2n) is 15.9. The molecule has 0 amide bonds. The van der Waals surface area contributed by atoms with Gasteiger partial charge in [0, 0.05) is 33.4 Å². The highest BCUT2D eigenvalue weighted by molar-refractivity contribution is 6.65. The number of ether oxygens (including phenoxy) is 2. The molecule has 0 aliphatic heterocycles. The summed E-state index contributed by atoms with van der Waals surface area (Å²) in [6, 6.07) is 36.4. The lowest BCUT2D eigenvalue weighted by molar-refractivity contribution is 0.424. The van der Waals surface area contributed by atoms with Gasteiger partial charge >= 0.3 is 0 Å². The average Bonchev–Trinajstić information content (AvgIpc) is 3.55. The summed E-state index contributed by atoms with van der Waals surface area (Å²) in [6.07, 6.45) is 24.0. The fraction of sp³-hybridized carbons (Fsp3) is 0.185. The van der Waals surface area contributed by atoms with E-state index in [0.717, 1.165) is 11.5 Å². The molecule has 2 nitrogen and oxygen atoms in total. The highest BCUT2D eigenvalue weighted by atomic mass is 28.3. The first kappa shape index (κ1) is 35.5. The van der Waals surface area contributed by atoms with Crippen LogP contribution in [-0.4, -0.2) is 23.0 Å². The zero-order valence-corrected chi connectivity index (χ0v) is 34.3. The Labute approximate surface area is 337 Å². The monoisotopic (exact) mass is 755 g/mol. The second-order valence-corrected chi connectivity index (χ2v) is 18.9. The summed E-state index contributed by atoms with van der Waals surface area (Å²) in [6.45, 7) is 7.27. The third-order valence-corrected chi connectivity index (χ3v) is 16.9. The normalized spacial score (nSPS) is 21.4. The van der Waals surface area contributed by atoms with Crippen molar-refractivity contribution in [3.8, 4) is 11.5 Å². The molecule has 0 heterocycles. The Morgan fingerprint density at radius 1 is 0.456 bits per heavy atom. The number of fused-ring (bicyclic) bond motifs is 4. The molecule has 0 aromatic heterocycles. The second kappa shape index (κ2) is 14.2. The van der Waals surface area contributed by atoms with E-state index in [-0.39, 0.29) is 11.8 Å². The summed E-state index contributed by atoms with van der Waals surface area (Å²) in [4.78, 5) is 0. The third kappa shape index (κ3) is 5.43. The smallest absolute Gasteiger partial charge is 0.134 e. The minimum absolute atomic E-state index is 0.119. The van der Waals surface area contributed by atoms with Crippen LogP contribution in [0.15, 0.2) is 191 Å². The Balaban J connectivity index is 1.12. The van der Waals surface area contributed by atoms with Gasteiger partial charge in [0.05, 0.1) is 23.0 Å². The van der Waals surface area contributed by atoms with Gasteiger partial charge in [-0.2, -0.15) is 0 Å². The van der Waals surface area contributed by atoms with Crippen molar-refractivity contribution in [2.24, 2.45) is 0 Å². The van der Waals surface area contributed by atoms with Gasteiger partial charge < -0.3 is 9.47 Å². The van der Waals surface area contributed by atoms with Crippen molar-refractivity contribution in [2.45, 2.75) is 49.7 Å². The molecule has 0 fully saturated rings. The van der Waals surface area contributed by atoms with E-state index in [1.165, 1.54) is 93.7 Å². The summed E-state index contributed by atoms with van der Waals surface area (Å²) in [5.41, 5.74) is 12.4. The van der Waals surface area contributed by atoms with Gasteiger partial charge in [-0.25, -0.2) is 0 Å². The van der Waals surface area contributed by atoms with Crippen LogP contribution in [0.4, 0.5) is 0 Å². The Hall–Kier alpha value is -5.90. The number of benzene rings is 6. The molecule has 0 N–H and O–H groups in total. The van der Waals surface area contributed by atoms with Crippen molar-refractivity contribution in [1.82, 2.24) is 0 Å². The fourth-order valence-corrected chi connectivity index (χ4v) is 14.7. The average molecular weight is 756 g/mol. The lowest BCUT2D eigenvalue weighted by Gasteiger charge is -2.32. The van der Waals surface area contributed by atoms with Crippen molar-refractivity contribution < 1.29 is 9.47 Å². The first-order chi connectivity index (χ1) is 28.0. The van der Waals surface area contributed by atoms with Gasteiger partial charge in [0.2, 0.25) is 0 Å². The van der Waals surface area contributed by atoms with Gasteiger partial charge in [-0.1, -0.05) is 182 Å². The highest BCUT2D eigenvalue weighted by Crippen LogP contribution is 2.56. The van der Waals surface area contributed by atoms with Gasteiger partial charge in [0.25, 0.3) is 0 Å². The maximum absolute atomic E-state index is 6.11. The van der Waals surface area contributed by atoms with E-state index in [1.54, 1.807) is 14.2 Å². The molecule has 0 saturated carbocycles. The molecule has 4 unspecified atom stereocenters. The van der Waals surface area contributed by atoms with E-state index < -0.39 is 8.80 Å². The summed E-state index contributed by atoms with van der Waals surface area (Å²) >= 11 is 0. The first-order valence-electron chi connectivity index (χ1n) is 20.4. The van der Waals surface area contributed by atoms with Gasteiger partial charge in [-0.05, 0) is 79.9 Å². The minimum atomic E-state index is -1.05. The molecular weight excluding hydrogens is 709 g/mol. The van der Waals surface area contributed by atoms with E-state index in [2.05, 4.69) is 179 Å². The topological polar surface area (TPSA) is 18.5 Å². The van der Waals surface area contributed by atoms with Crippen LogP contribution in [0.1, 0.15) is 43.7 Å². The Kier molecular flexibility index (Phi) is 8.87. The number of allylic oxidation sites excluding steroid dienone is 16. The number of methoxy groups -OCH3 is 2. The molecule has 4 aliphatic carbocycles. The molecule has 3 heteroatoms. The molecular formula is C54H47O2Si. The predicted octanol–water partition coefficient (Wildman–Crippen LogP) is 14.2. The molecule has 6 aromatic carbocycles. The van der Waals surface area contributed by atoms with Crippen molar-refractivity contribution in [1.29, 1.82) is 0 Å². The van der Waals surface area contributed by atoms with Crippen molar-refractivity contribution >= 4 is 51.9 Å². The standard InChI is InChI=1S/C54H47O2Si/c1-6-57(53-33(2)31-47-39(23-11-17-29-45(47)53)49-35-19-7-13-25-41(35)51(55-4)42-26-14-8-20-36(42)49)54-34(3)32-48-40(24-12-18-30-46(48)54)50-37-21-9-15-27-43(37)52(56-5)44-28-16-10-22-38(44)50/h7-32,39-40,53-54H,6H2,1-5H3. The first-order valence-corrected chi connectivity index (χ1v) is 22.2. The van der Waals surface area contributed by atoms with Crippen LogP contribution in [0.2, 0.25) is 17.1 Å². The van der Waals surface area contributed by atoms with Crippen LogP contribution in [0.3, 0.4) is 0 Å². The fourth-order valence-electron chi connectivity index (χ4n) is 10.9. The van der Waals surface area contributed by atoms with E-state index >= 15 is 0 Å². The van der Waals surface area contributed by atoms with Crippen molar-refractivity contribution in [3.63, 3.8) is 0 Å². The molecule has 0 spiro atoms. The SMILES string of the molecule is CC[Si](C1C(C)=CC2=C1C=CC=CC2c1c2ccccc2c(OC)c2ccccc12)C1C(C)=CC2=C1C=CC=CC2c1c2ccccc2c(OC)c2ccccc12. The summed E-state index contributed by atoms with van der Waals surface area (Å²) in [5.74, 6) is 2.15. The molecule has 0 bridgehead atoms. The Bertz CT molecular complexity index is 2600. The predicted molar refractivity (Wildman–Crippen MR) is 243 cm³/mol. The van der Waals surface area contributed by atoms with Gasteiger partial charge in [-0.3, -0.25) is 0 Å². The molecule has 10 rings (SSSR count). The van der Waals surface area contributed by atoms with E-state index in [4.69, 9.17) is 9.47 Å². The maximum atomic E-state index is 6.11.